The van der Waals surface area contributed by atoms with E-state index in [-0.39, 0.29) is 0 Å². The standard InChI is InChI=1S/C18H20N8S/c1-2-14-22-23-17-16(19-5-8-26(14)17)25-7-3-6-24(9-10-25)15-13-4-11-27-18(13)21-12-20-15/h4-5,8,11-12H,2-3,6-7,9-10H2,1H3. The van der Waals surface area contributed by atoms with Gasteiger partial charge < -0.3 is 9.80 Å². The molecule has 0 amide bonds. The summed E-state index contributed by atoms with van der Waals surface area (Å²) in [6.45, 7) is 5.76. The lowest BCUT2D eigenvalue weighted by molar-refractivity contribution is 0.793. The number of thiophene rings is 1. The van der Waals surface area contributed by atoms with Gasteiger partial charge in [-0.15, -0.1) is 21.5 Å². The number of fused-ring (bicyclic) bond motifs is 2. The molecule has 0 bridgehead atoms. The lowest BCUT2D eigenvalue weighted by atomic mass is 10.3. The molecule has 0 aliphatic carbocycles. The predicted octanol–water partition coefficient (Wildman–Crippen LogP) is 2.41. The molecule has 8 nitrogen and oxygen atoms in total. The lowest BCUT2D eigenvalue weighted by Crippen LogP contribution is -2.32. The fraction of sp³-hybridized carbons (Fsp3) is 0.389. The number of anilines is 2. The SMILES string of the molecule is CCc1nnc2c(N3CCCN(c4ncnc5sccc45)CC3)nccn12. The van der Waals surface area contributed by atoms with Crippen molar-refractivity contribution in [3.63, 3.8) is 0 Å². The summed E-state index contributed by atoms with van der Waals surface area (Å²) in [5.41, 5.74) is 0.838. The average molecular weight is 380 g/mol. The number of hydrogen-bond acceptors (Lipinski definition) is 8. The quantitative estimate of drug-likeness (QED) is 0.540. The maximum absolute atomic E-state index is 4.62. The van der Waals surface area contributed by atoms with E-state index in [0.717, 1.165) is 72.3 Å². The maximum atomic E-state index is 4.62. The normalized spacial score (nSPS) is 15.6. The van der Waals surface area contributed by atoms with Gasteiger partial charge in [-0.1, -0.05) is 6.92 Å². The van der Waals surface area contributed by atoms with E-state index in [4.69, 9.17) is 0 Å². The van der Waals surface area contributed by atoms with E-state index in [9.17, 15) is 0 Å². The first-order chi connectivity index (χ1) is 13.3. The van der Waals surface area contributed by atoms with Crippen molar-refractivity contribution < 1.29 is 0 Å². The molecule has 0 spiro atoms. The Balaban J connectivity index is 1.44. The summed E-state index contributed by atoms with van der Waals surface area (Å²) in [5, 5.41) is 11.9. The molecule has 27 heavy (non-hydrogen) atoms. The topological polar surface area (TPSA) is 75.3 Å². The minimum absolute atomic E-state index is 0.838. The average Bonchev–Trinajstić information content (AvgIpc) is 3.28. The van der Waals surface area contributed by atoms with Gasteiger partial charge >= 0.3 is 0 Å². The zero-order chi connectivity index (χ0) is 18.2. The summed E-state index contributed by atoms with van der Waals surface area (Å²) >= 11 is 1.66. The first-order valence-electron chi connectivity index (χ1n) is 9.22. The van der Waals surface area contributed by atoms with Crippen LogP contribution in [0, 0.1) is 0 Å². The fourth-order valence-corrected chi connectivity index (χ4v) is 4.42. The van der Waals surface area contributed by atoms with Crippen LogP contribution >= 0.6 is 11.3 Å². The molecule has 1 aliphatic rings. The van der Waals surface area contributed by atoms with E-state index in [1.807, 2.05) is 16.8 Å². The molecule has 1 aliphatic heterocycles. The number of hydrogen-bond donors (Lipinski definition) is 0. The third-order valence-electron chi connectivity index (χ3n) is 5.03. The molecule has 1 saturated heterocycles. The van der Waals surface area contributed by atoms with E-state index < -0.39 is 0 Å². The number of aromatic nitrogens is 6. The molecule has 0 aromatic carbocycles. The Labute approximate surface area is 160 Å². The van der Waals surface area contributed by atoms with Crippen LogP contribution in [0.4, 0.5) is 11.6 Å². The minimum Gasteiger partial charge on any atom is -0.354 e. The summed E-state index contributed by atoms with van der Waals surface area (Å²) in [7, 11) is 0. The van der Waals surface area contributed by atoms with Gasteiger partial charge in [-0.25, -0.2) is 15.0 Å². The van der Waals surface area contributed by atoms with Gasteiger partial charge in [0.05, 0.1) is 5.39 Å². The molecule has 1 fully saturated rings. The van der Waals surface area contributed by atoms with Crippen LogP contribution in [-0.4, -0.2) is 55.7 Å². The van der Waals surface area contributed by atoms with Crippen molar-refractivity contribution in [3.8, 4) is 0 Å². The molecular weight excluding hydrogens is 360 g/mol. The van der Waals surface area contributed by atoms with E-state index in [1.165, 1.54) is 0 Å². The maximum Gasteiger partial charge on any atom is 0.203 e. The molecule has 0 radical (unpaired) electrons. The van der Waals surface area contributed by atoms with E-state index >= 15 is 0 Å². The second-order valence-electron chi connectivity index (χ2n) is 6.58. The first kappa shape index (κ1) is 16.4. The highest BCUT2D eigenvalue weighted by Crippen LogP contribution is 2.28. The molecular formula is C18H20N8S. The zero-order valence-corrected chi connectivity index (χ0v) is 15.9. The predicted molar refractivity (Wildman–Crippen MR) is 107 cm³/mol. The Hall–Kier alpha value is -2.81. The molecule has 9 heteroatoms. The summed E-state index contributed by atoms with van der Waals surface area (Å²) in [6, 6.07) is 2.11. The van der Waals surface area contributed by atoms with Crippen molar-refractivity contribution in [1.29, 1.82) is 0 Å². The molecule has 0 atom stereocenters. The van der Waals surface area contributed by atoms with E-state index in [1.54, 1.807) is 17.7 Å². The van der Waals surface area contributed by atoms with Crippen molar-refractivity contribution in [2.45, 2.75) is 19.8 Å². The van der Waals surface area contributed by atoms with Crippen molar-refractivity contribution in [1.82, 2.24) is 29.5 Å². The molecule has 4 aromatic rings. The first-order valence-corrected chi connectivity index (χ1v) is 10.1. The van der Waals surface area contributed by atoms with Crippen molar-refractivity contribution in [3.05, 3.63) is 36.0 Å². The highest BCUT2D eigenvalue weighted by Gasteiger charge is 2.21. The van der Waals surface area contributed by atoms with Crippen LogP contribution in [0.15, 0.2) is 30.2 Å². The van der Waals surface area contributed by atoms with Gasteiger partial charge in [0.25, 0.3) is 0 Å². The summed E-state index contributed by atoms with van der Waals surface area (Å²) in [4.78, 5) is 19.3. The van der Waals surface area contributed by atoms with Gasteiger partial charge in [-0.05, 0) is 17.9 Å². The molecule has 0 N–H and O–H groups in total. The summed E-state index contributed by atoms with van der Waals surface area (Å²) in [5.74, 6) is 2.91. The highest BCUT2D eigenvalue weighted by atomic mass is 32.1. The number of aryl methyl sites for hydroxylation is 1. The Kier molecular flexibility index (Phi) is 4.08. The van der Waals surface area contributed by atoms with Crippen LogP contribution in [0.3, 0.4) is 0 Å². The largest absolute Gasteiger partial charge is 0.354 e. The molecule has 138 valence electrons. The van der Waals surface area contributed by atoms with Crippen molar-refractivity contribution in [2.24, 2.45) is 0 Å². The van der Waals surface area contributed by atoms with E-state index in [0.29, 0.717) is 0 Å². The Morgan fingerprint density at radius 3 is 2.70 bits per heavy atom. The van der Waals surface area contributed by atoms with Crippen LogP contribution in [0.5, 0.6) is 0 Å². The Bertz CT molecular complexity index is 1090. The zero-order valence-electron chi connectivity index (χ0n) is 15.1. The molecule has 4 aromatic heterocycles. The third kappa shape index (κ3) is 2.78. The van der Waals surface area contributed by atoms with Gasteiger partial charge in [0, 0.05) is 45.0 Å². The van der Waals surface area contributed by atoms with E-state index in [2.05, 4.69) is 53.3 Å². The molecule has 5 rings (SSSR count). The van der Waals surface area contributed by atoms with Gasteiger partial charge in [0.1, 0.15) is 22.8 Å². The second kappa shape index (κ2) is 6.73. The fourth-order valence-electron chi connectivity index (χ4n) is 3.70. The molecule has 5 heterocycles. The van der Waals surface area contributed by atoms with Gasteiger partial charge in [-0.3, -0.25) is 4.40 Å². The summed E-state index contributed by atoms with van der Waals surface area (Å²) < 4.78 is 2.05. The van der Waals surface area contributed by atoms with Crippen molar-refractivity contribution in [2.75, 3.05) is 36.0 Å². The smallest absolute Gasteiger partial charge is 0.203 e. The van der Waals surface area contributed by atoms with Crippen LogP contribution in [0.2, 0.25) is 0 Å². The third-order valence-corrected chi connectivity index (χ3v) is 5.85. The second-order valence-corrected chi connectivity index (χ2v) is 7.47. The molecule has 0 saturated carbocycles. The lowest BCUT2D eigenvalue weighted by Gasteiger charge is -2.23. The van der Waals surface area contributed by atoms with Crippen LogP contribution in [0.25, 0.3) is 15.9 Å². The summed E-state index contributed by atoms with van der Waals surface area (Å²) in [6.07, 6.45) is 7.33. The number of rotatable bonds is 3. The highest BCUT2D eigenvalue weighted by molar-refractivity contribution is 7.16. The Morgan fingerprint density at radius 2 is 1.85 bits per heavy atom. The van der Waals surface area contributed by atoms with Crippen LogP contribution in [-0.2, 0) is 6.42 Å². The van der Waals surface area contributed by atoms with Gasteiger partial charge in [0.2, 0.25) is 5.65 Å². The van der Waals surface area contributed by atoms with Gasteiger partial charge in [-0.2, -0.15) is 0 Å². The van der Waals surface area contributed by atoms with Crippen LogP contribution in [0.1, 0.15) is 19.2 Å². The van der Waals surface area contributed by atoms with Gasteiger partial charge in [0.15, 0.2) is 5.82 Å². The van der Waals surface area contributed by atoms with Crippen molar-refractivity contribution >= 4 is 38.8 Å². The number of nitrogens with zero attached hydrogens (tertiary/aromatic N) is 8. The Morgan fingerprint density at radius 1 is 1.00 bits per heavy atom. The monoisotopic (exact) mass is 380 g/mol. The minimum atomic E-state index is 0.838. The molecule has 0 unspecified atom stereocenters. The van der Waals surface area contributed by atoms with Crippen LogP contribution < -0.4 is 9.80 Å².